The Kier molecular flexibility index (Phi) is 3.96. The van der Waals surface area contributed by atoms with Crippen molar-refractivity contribution in [2.45, 2.75) is 6.54 Å². The van der Waals surface area contributed by atoms with Crippen molar-refractivity contribution in [3.63, 3.8) is 0 Å². The van der Waals surface area contributed by atoms with Gasteiger partial charge in [-0.3, -0.25) is 14.9 Å². The van der Waals surface area contributed by atoms with E-state index >= 15 is 0 Å². The van der Waals surface area contributed by atoms with Gasteiger partial charge < -0.3 is 9.73 Å². The Morgan fingerprint density at radius 2 is 2.11 bits per heavy atom. The van der Waals surface area contributed by atoms with Crippen LogP contribution in [-0.4, -0.2) is 10.8 Å². The normalized spacial score (nSPS) is 10.2. The Bertz CT molecular complexity index is 624. The zero-order chi connectivity index (χ0) is 13.8. The molecule has 2 rings (SSSR count). The van der Waals surface area contributed by atoms with Crippen LogP contribution in [0.2, 0.25) is 0 Å². The maximum absolute atomic E-state index is 11.8. The summed E-state index contributed by atoms with van der Waals surface area (Å²) in [5, 5.41) is 13.4. The van der Waals surface area contributed by atoms with Gasteiger partial charge in [0.05, 0.1) is 16.7 Å². The molecule has 7 heteroatoms. The zero-order valence-electron chi connectivity index (χ0n) is 9.63. The maximum Gasteiger partial charge on any atom is 0.274 e. The van der Waals surface area contributed by atoms with E-state index in [9.17, 15) is 14.9 Å². The zero-order valence-corrected chi connectivity index (χ0v) is 11.2. The minimum absolute atomic E-state index is 0.0194. The molecule has 98 valence electrons. The summed E-state index contributed by atoms with van der Waals surface area (Å²) in [6, 6.07) is 7.77. The average molecular weight is 325 g/mol. The fourth-order valence-corrected chi connectivity index (χ4v) is 1.99. The lowest BCUT2D eigenvalue weighted by atomic mass is 10.2. The number of benzene rings is 1. The van der Waals surface area contributed by atoms with Crippen LogP contribution in [0.4, 0.5) is 5.69 Å². The minimum Gasteiger partial charge on any atom is -0.457 e. The first kappa shape index (κ1) is 13.3. The van der Waals surface area contributed by atoms with Crippen LogP contribution in [0.5, 0.6) is 0 Å². The molecular weight excluding hydrogens is 316 g/mol. The van der Waals surface area contributed by atoms with Gasteiger partial charge in [0.25, 0.3) is 11.6 Å². The van der Waals surface area contributed by atoms with Gasteiger partial charge in [-0.15, -0.1) is 0 Å². The summed E-state index contributed by atoms with van der Waals surface area (Å²) >= 11 is 3.10. The smallest absolute Gasteiger partial charge is 0.274 e. The summed E-state index contributed by atoms with van der Waals surface area (Å²) in [7, 11) is 0. The van der Waals surface area contributed by atoms with Crippen LogP contribution >= 0.6 is 15.9 Å². The van der Waals surface area contributed by atoms with Crippen LogP contribution in [0.25, 0.3) is 0 Å². The molecule has 6 nitrogen and oxygen atoms in total. The van der Waals surface area contributed by atoms with Crippen LogP contribution in [0.3, 0.4) is 0 Å². The third kappa shape index (κ3) is 3.00. The highest BCUT2D eigenvalue weighted by Crippen LogP contribution is 2.19. The molecule has 19 heavy (non-hydrogen) atoms. The fraction of sp³-hybridized carbons (Fsp3) is 0.0833. The number of rotatable bonds is 4. The van der Waals surface area contributed by atoms with Crippen molar-refractivity contribution in [1.82, 2.24) is 5.32 Å². The molecule has 1 amide bonds. The predicted molar refractivity (Wildman–Crippen MR) is 70.7 cm³/mol. The van der Waals surface area contributed by atoms with Gasteiger partial charge in [0, 0.05) is 18.2 Å². The summed E-state index contributed by atoms with van der Waals surface area (Å²) < 4.78 is 5.27. The Morgan fingerprint density at radius 3 is 2.74 bits per heavy atom. The van der Waals surface area contributed by atoms with E-state index in [4.69, 9.17) is 4.42 Å². The maximum atomic E-state index is 11.8. The second-order valence-electron chi connectivity index (χ2n) is 3.68. The average Bonchev–Trinajstić information content (AvgIpc) is 2.82. The molecule has 1 heterocycles. The fourth-order valence-electron chi connectivity index (χ4n) is 1.56. The van der Waals surface area contributed by atoms with Crippen molar-refractivity contribution in [2.24, 2.45) is 0 Å². The van der Waals surface area contributed by atoms with Crippen molar-refractivity contribution in [3.8, 4) is 0 Å². The van der Waals surface area contributed by atoms with Crippen molar-refractivity contribution in [2.75, 3.05) is 0 Å². The Balaban J connectivity index is 2.10. The predicted octanol–water partition coefficient (Wildman–Crippen LogP) is 2.88. The first-order chi connectivity index (χ1) is 9.09. The van der Waals surface area contributed by atoms with Crippen molar-refractivity contribution >= 4 is 27.5 Å². The first-order valence-electron chi connectivity index (χ1n) is 5.33. The highest BCUT2D eigenvalue weighted by atomic mass is 79.9. The molecule has 0 aliphatic carbocycles. The summed E-state index contributed by atoms with van der Waals surface area (Å²) in [6.07, 6.45) is 1.38. The largest absolute Gasteiger partial charge is 0.457 e. The van der Waals surface area contributed by atoms with Crippen LogP contribution in [-0.2, 0) is 6.54 Å². The van der Waals surface area contributed by atoms with Gasteiger partial charge in [0.15, 0.2) is 4.67 Å². The monoisotopic (exact) mass is 324 g/mol. The highest BCUT2D eigenvalue weighted by molar-refractivity contribution is 9.10. The number of nitrogens with zero attached hydrogens (tertiary/aromatic N) is 1. The van der Waals surface area contributed by atoms with E-state index in [1.54, 1.807) is 18.2 Å². The number of halogens is 1. The molecule has 0 unspecified atom stereocenters. The molecule has 0 atom stereocenters. The number of nitro benzene ring substituents is 1. The molecule has 0 bridgehead atoms. The molecule has 0 aliphatic heterocycles. The number of nitrogens with one attached hydrogen (secondary N) is 1. The standard InChI is InChI=1S/C12H9BrN2O4/c13-11-9(5-6-19-11)12(16)14-7-8-3-1-2-4-10(8)15(17)18/h1-6H,7H2,(H,14,16). The van der Waals surface area contributed by atoms with Crippen LogP contribution in [0.1, 0.15) is 15.9 Å². The molecule has 2 aromatic rings. The van der Waals surface area contributed by atoms with Crippen molar-refractivity contribution in [1.29, 1.82) is 0 Å². The van der Waals surface area contributed by atoms with E-state index in [2.05, 4.69) is 21.2 Å². The van der Waals surface area contributed by atoms with Gasteiger partial charge in [-0.05, 0) is 22.0 Å². The van der Waals surface area contributed by atoms with Crippen LogP contribution in [0.15, 0.2) is 45.7 Å². The topological polar surface area (TPSA) is 85.4 Å². The van der Waals surface area contributed by atoms with Gasteiger partial charge in [0.1, 0.15) is 0 Å². The number of amides is 1. The number of furan rings is 1. The molecule has 0 fully saturated rings. The summed E-state index contributed by atoms with van der Waals surface area (Å²) in [5.74, 6) is -0.362. The molecule has 0 radical (unpaired) electrons. The molecule has 1 aromatic carbocycles. The number of carbonyl (C=O) groups is 1. The lowest BCUT2D eigenvalue weighted by Gasteiger charge is -2.04. The minimum atomic E-state index is -0.477. The van der Waals surface area contributed by atoms with Crippen molar-refractivity contribution in [3.05, 3.63) is 62.5 Å². The van der Waals surface area contributed by atoms with Crippen LogP contribution in [0, 0.1) is 10.1 Å². The molecule has 0 aliphatic rings. The summed E-state index contributed by atoms with van der Waals surface area (Å²) in [4.78, 5) is 22.2. The lowest BCUT2D eigenvalue weighted by Crippen LogP contribution is -2.23. The third-order valence-electron chi connectivity index (χ3n) is 2.49. The summed E-state index contributed by atoms with van der Waals surface area (Å²) in [6.45, 7) is 0.0770. The Morgan fingerprint density at radius 1 is 1.37 bits per heavy atom. The lowest BCUT2D eigenvalue weighted by molar-refractivity contribution is -0.385. The molecule has 0 spiro atoms. The van der Waals surface area contributed by atoms with E-state index in [0.717, 1.165) is 0 Å². The summed E-state index contributed by atoms with van der Waals surface area (Å²) in [5.41, 5.74) is 0.771. The van der Waals surface area contributed by atoms with Gasteiger partial charge in [-0.25, -0.2) is 0 Å². The first-order valence-corrected chi connectivity index (χ1v) is 6.12. The molecule has 0 saturated carbocycles. The highest BCUT2D eigenvalue weighted by Gasteiger charge is 2.15. The number of hydrogen-bond donors (Lipinski definition) is 1. The Hall–Kier alpha value is -2.15. The van der Waals surface area contributed by atoms with E-state index in [1.165, 1.54) is 18.4 Å². The molecule has 0 saturated heterocycles. The quantitative estimate of drug-likeness (QED) is 0.692. The van der Waals surface area contributed by atoms with Crippen molar-refractivity contribution < 1.29 is 14.1 Å². The third-order valence-corrected chi connectivity index (χ3v) is 3.10. The van der Waals surface area contributed by atoms with Crippen LogP contribution < -0.4 is 5.32 Å². The second-order valence-corrected chi connectivity index (χ2v) is 4.40. The second kappa shape index (κ2) is 5.66. The van der Waals surface area contributed by atoms with Gasteiger partial charge >= 0.3 is 0 Å². The van der Waals surface area contributed by atoms with Gasteiger partial charge in [-0.2, -0.15) is 0 Å². The van der Waals surface area contributed by atoms with Gasteiger partial charge in [-0.1, -0.05) is 18.2 Å². The Labute approximate surface area is 116 Å². The van der Waals surface area contributed by atoms with E-state index < -0.39 is 4.92 Å². The SMILES string of the molecule is O=C(NCc1ccccc1[N+](=O)[O-])c1ccoc1Br. The van der Waals surface area contributed by atoms with E-state index in [1.807, 2.05) is 0 Å². The molecular formula is C12H9BrN2O4. The molecule has 1 N–H and O–H groups in total. The van der Waals surface area contributed by atoms with E-state index in [-0.39, 0.29) is 18.1 Å². The van der Waals surface area contributed by atoms with Gasteiger partial charge in [0.2, 0.25) is 0 Å². The molecule has 1 aromatic heterocycles. The number of nitro groups is 1. The number of para-hydroxylation sites is 1. The number of carbonyl (C=O) groups excluding carboxylic acids is 1. The number of hydrogen-bond acceptors (Lipinski definition) is 4. The van der Waals surface area contributed by atoms with E-state index in [0.29, 0.717) is 15.8 Å².